The number of piperazine rings is 1. The molecule has 0 aliphatic carbocycles. The van der Waals surface area contributed by atoms with Gasteiger partial charge < -0.3 is 4.74 Å². The Morgan fingerprint density at radius 2 is 1.84 bits per heavy atom. The molecule has 1 fully saturated rings. The molecular weight excluding hydrogens is 412 g/mol. The summed E-state index contributed by atoms with van der Waals surface area (Å²) >= 11 is 4.39. The monoisotopic (exact) mass is 436 g/mol. The van der Waals surface area contributed by atoms with E-state index >= 15 is 0 Å². The number of nitro benzene ring substituents is 1. The van der Waals surface area contributed by atoms with Crippen LogP contribution in [0, 0.1) is 10.1 Å². The lowest BCUT2D eigenvalue weighted by Crippen LogP contribution is -2.41. The zero-order valence-corrected chi connectivity index (χ0v) is 18.2. The van der Waals surface area contributed by atoms with Crippen LogP contribution in [-0.2, 0) is 6.54 Å². The van der Waals surface area contributed by atoms with Gasteiger partial charge in [0, 0.05) is 49.7 Å². The highest BCUT2D eigenvalue weighted by Crippen LogP contribution is 2.27. The molecule has 8 heteroatoms. The summed E-state index contributed by atoms with van der Waals surface area (Å²) in [4.78, 5) is 18.1. The number of hydrogen-bond donors (Lipinski definition) is 1. The number of rotatable bonds is 6. The van der Waals surface area contributed by atoms with Crippen molar-refractivity contribution in [2.24, 2.45) is 0 Å². The van der Waals surface area contributed by atoms with Gasteiger partial charge in [0.2, 0.25) is 5.88 Å². The van der Waals surface area contributed by atoms with E-state index in [2.05, 4.69) is 22.7 Å². The molecule has 0 atom stereocenters. The van der Waals surface area contributed by atoms with E-state index in [-0.39, 0.29) is 10.6 Å². The molecule has 4 rings (SSSR count). The van der Waals surface area contributed by atoms with Gasteiger partial charge in [0.25, 0.3) is 5.69 Å². The first-order valence-electron chi connectivity index (χ1n) is 10.1. The third-order valence-electron chi connectivity index (χ3n) is 5.40. The molecule has 0 radical (unpaired) electrons. The van der Waals surface area contributed by atoms with Crippen LogP contribution in [0.4, 0.5) is 5.69 Å². The van der Waals surface area contributed by atoms with Crippen LogP contribution in [0.2, 0.25) is 0 Å². The Kier molecular flexibility index (Phi) is 6.50. The predicted octanol–water partition coefficient (Wildman–Crippen LogP) is 4.28. The second kappa shape index (κ2) is 9.47. The first kappa shape index (κ1) is 21.3. The molecule has 31 heavy (non-hydrogen) atoms. The highest BCUT2D eigenvalue weighted by atomic mass is 32.1. The van der Waals surface area contributed by atoms with E-state index in [0.29, 0.717) is 11.4 Å². The summed E-state index contributed by atoms with van der Waals surface area (Å²) in [6.07, 6.45) is 3.59. The van der Waals surface area contributed by atoms with E-state index in [1.54, 1.807) is 19.3 Å². The van der Waals surface area contributed by atoms with E-state index in [0.717, 1.165) is 54.8 Å². The number of fused-ring (bicyclic) bond motifs is 1. The number of nitrogens with zero attached hydrogens (tertiary/aromatic N) is 4. The number of pyridine rings is 1. The number of methoxy groups -OCH3 is 1. The number of thiol groups is 1. The lowest BCUT2D eigenvalue weighted by Gasteiger charge is -2.31. The molecule has 0 spiro atoms. The van der Waals surface area contributed by atoms with Gasteiger partial charge in [-0.3, -0.25) is 19.3 Å². The predicted molar refractivity (Wildman–Crippen MR) is 126 cm³/mol. The van der Waals surface area contributed by atoms with Crippen LogP contribution in [0.15, 0.2) is 48.5 Å². The Morgan fingerprint density at radius 1 is 1.10 bits per heavy atom. The van der Waals surface area contributed by atoms with Crippen molar-refractivity contribution in [1.29, 1.82) is 0 Å². The van der Waals surface area contributed by atoms with Crippen LogP contribution in [0.3, 0.4) is 0 Å². The van der Waals surface area contributed by atoms with Crippen molar-refractivity contribution in [2.75, 3.05) is 33.3 Å². The minimum absolute atomic E-state index is 0.0768. The lowest BCUT2D eigenvalue weighted by molar-refractivity contribution is -0.385. The fourth-order valence-corrected chi connectivity index (χ4v) is 3.91. The molecule has 1 aromatic heterocycles. The number of para-hydroxylation sites is 1. The molecule has 1 aliphatic rings. The van der Waals surface area contributed by atoms with Crippen molar-refractivity contribution in [1.82, 2.24) is 14.2 Å². The molecule has 160 valence electrons. The second-order valence-electron chi connectivity index (χ2n) is 7.49. The van der Waals surface area contributed by atoms with E-state index in [1.165, 1.54) is 0 Å². The van der Waals surface area contributed by atoms with Gasteiger partial charge in [-0.1, -0.05) is 37.1 Å². The number of hydrogen-bond acceptors (Lipinski definition) is 7. The number of aromatic nitrogens is 1. The highest BCUT2D eigenvalue weighted by molar-refractivity contribution is 7.77. The van der Waals surface area contributed by atoms with Crippen LogP contribution in [0.1, 0.15) is 16.7 Å². The molecular formula is C23H24N4O3S. The number of nitro groups is 1. The van der Waals surface area contributed by atoms with E-state index in [4.69, 9.17) is 4.74 Å². The molecule has 1 aliphatic heterocycles. The maximum Gasteiger partial charge on any atom is 0.276 e. The Balaban J connectivity index is 1.64. The van der Waals surface area contributed by atoms with Gasteiger partial charge in [-0.15, -0.1) is 0 Å². The summed E-state index contributed by atoms with van der Waals surface area (Å²) in [6.45, 7) is 4.40. The first-order chi connectivity index (χ1) is 15.0. The third-order valence-corrected chi connectivity index (χ3v) is 5.80. The molecule has 0 amide bonds. The molecule has 0 N–H and O–H groups in total. The van der Waals surface area contributed by atoms with Gasteiger partial charge in [0.15, 0.2) is 0 Å². The van der Waals surface area contributed by atoms with E-state index in [1.807, 2.05) is 52.8 Å². The Morgan fingerprint density at radius 3 is 2.58 bits per heavy atom. The molecule has 2 aromatic carbocycles. The highest BCUT2D eigenvalue weighted by Gasteiger charge is 2.17. The van der Waals surface area contributed by atoms with Crippen LogP contribution >= 0.6 is 12.8 Å². The average Bonchev–Trinajstić information content (AvgIpc) is 2.78. The third kappa shape index (κ3) is 5.04. The number of benzene rings is 2. The van der Waals surface area contributed by atoms with Gasteiger partial charge in [-0.05, 0) is 35.9 Å². The van der Waals surface area contributed by atoms with Gasteiger partial charge in [0.05, 0.1) is 23.1 Å². The SMILES string of the molecule is COc1nc2ccccc2cc1/C=C/c1cc(CN2CCN(S)CC2)ccc1[N+](=O)[O-]. The van der Waals surface area contributed by atoms with Crippen molar-refractivity contribution in [2.45, 2.75) is 6.54 Å². The zero-order chi connectivity index (χ0) is 21.8. The van der Waals surface area contributed by atoms with Gasteiger partial charge in [-0.25, -0.2) is 4.98 Å². The quantitative estimate of drug-likeness (QED) is 0.353. The molecule has 0 bridgehead atoms. The molecule has 3 aromatic rings. The molecule has 0 unspecified atom stereocenters. The fourth-order valence-electron chi connectivity index (χ4n) is 3.73. The van der Waals surface area contributed by atoms with Crippen molar-refractivity contribution >= 4 is 41.6 Å². The van der Waals surface area contributed by atoms with Gasteiger partial charge >= 0.3 is 0 Å². The minimum Gasteiger partial charge on any atom is -0.481 e. The van der Waals surface area contributed by atoms with Gasteiger partial charge in [-0.2, -0.15) is 0 Å². The molecule has 2 heterocycles. The largest absolute Gasteiger partial charge is 0.481 e. The van der Waals surface area contributed by atoms with Crippen molar-refractivity contribution in [3.05, 3.63) is 75.3 Å². The van der Waals surface area contributed by atoms with Crippen LogP contribution in [0.25, 0.3) is 23.1 Å². The maximum absolute atomic E-state index is 11.6. The maximum atomic E-state index is 11.6. The topological polar surface area (TPSA) is 71.7 Å². The molecule has 7 nitrogen and oxygen atoms in total. The van der Waals surface area contributed by atoms with Gasteiger partial charge in [0.1, 0.15) is 0 Å². The Hall–Kier alpha value is -2.94. The van der Waals surface area contributed by atoms with Crippen LogP contribution < -0.4 is 4.74 Å². The van der Waals surface area contributed by atoms with Crippen LogP contribution in [0.5, 0.6) is 5.88 Å². The van der Waals surface area contributed by atoms with Crippen LogP contribution in [-0.4, -0.2) is 52.4 Å². The van der Waals surface area contributed by atoms with E-state index < -0.39 is 0 Å². The first-order valence-corrected chi connectivity index (χ1v) is 10.5. The average molecular weight is 437 g/mol. The zero-order valence-electron chi connectivity index (χ0n) is 17.3. The fraction of sp³-hybridized carbons (Fsp3) is 0.261. The van der Waals surface area contributed by atoms with Crippen molar-refractivity contribution < 1.29 is 9.66 Å². The van der Waals surface area contributed by atoms with Crippen molar-refractivity contribution in [3.63, 3.8) is 0 Å². The Bertz CT molecular complexity index is 1130. The Labute approximate surface area is 186 Å². The second-order valence-corrected chi connectivity index (χ2v) is 8.06. The summed E-state index contributed by atoms with van der Waals surface area (Å²) in [5, 5.41) is 12.6. The summed E-state index contributed by atoms with van der Waals surface area (Å²) < 4.78 is 7.44. The van der Waals surface area contributed by atoms with Crippen molar-refractivity contribution in [3.8, 4) is 5.88 Å². The molecule has 0 saturated carbocycles. The summed E-state index contributed by atoms with van der Waals surface area (Å²) in [5.74, 6) is 0.485. The normalized spacial score (nSPS) is 15.5. The molecule has 1 saturated heterocycles. The summed E-state index contributed by atoms with van der Waals surface area (Å²) in [6, 6.07) is 15.1. The summed E-state index contributed by atoms with van der Waals surface area (Å²) in [7, 11) is 1.57. The smallest absolute Gasteiger partial charge is 0.276 e. The number of ether oxygens (including phenoxy) is 1. The minimum atomic E-state index is -0.348. The lowest BCUT2D eigenvalue weighted by atomic mass is 10.1. The standard InChI is InChI=1S/C23H24N4O3S/c1-30-23-20(15-18-4-2-3-5-21(18)24-23)8-7-19-14-17(6-9-22(19)27(28)29)16-25-10-12-26(31)13-11-25/h2-9,14-15,31H,10-13,16H2,1H3/b8-7+. The van der Waals surface area contributed by atoms with E-state index in [9.17, 15) is 10.1 Å². The summed E-state index contributed by atoms with van der Waals surface area (Å²) in [5.41, 5.74) is 3.29.